The molecule has 1 aromatic heterocycles. The van der Waals surface area contributed by atoms with E-state index in [-0.39, 0.29) is 12.0 Å². The van der Waals surface area contributed by atoms with Crippen LogP contribution in [0.25, 0.3) is 0 Å². The van der Waals surface area contributed by atoms with Crippen LogP contribution < -0.4 is 0 Å². The van der Waals surface area contributed by atoms with E-state index in [1.54, 1.807) is 18.6 Å². The van der Waals surface area contributed by atoms with Gasteiger partial charge in [-0.2, -0.15) is 0 Å². The van der Waals surface area contributed by atoms with Crippen molar-refractivity contribution < 1.29 is 13.9 Å². The number of piperazine rings is 1. The highest BCUT2D eigenvalue weighted by atomic mass is 16.5. The normalized spacial score (nSPS) is 32.0. The number of ether oxygens (including phenoxy) is 1. The van der Waals surface area contributed by atoms with E-state index in [0.29, 0.717) is 17.4 Å². The third-order valence-corrected chi connectivity index (χ3v) is 5.90. The summed E-state index contributed by atoms with van der Waals surface area (Å²) in [6, 6.07) is 1.75. The molecule has 0 bridgehead atoms. The molecule has 3 atom stereocenters. The van der Waals surface area contributed by atoms with Crippen LogP contribution in [0.1, 0.15) is 16.8 Å². The Balaban J connectivity index is 1.37. The number of piperidine rings is 1. The molecule has 0 aromatic carbocycles. The highest BCUT2D eigenvalue weighted by molar-refractivity contribution is 5.93. The van der Waals surface area contributed by atoms with E-state index < -0.39 is 0 Å². The number of rotatable bonds is 3. The zero-order valence-corrected chi connectivity index (χ0v) is 14.4. The van der Waals surface area contributed by atoms with E-state index >= 15 is 0 Å². The van der Waals surface area contributed by atoms with Crippen LogP contribution in [0.5, 0.6) is 0 Å². The molecule has 4 rings (SSSR count). The van der Waals surface area contributed by atoms with Gasteiger partial charge >= 0.3 is 0 Å². The second-order valence-electron chi connectivity index (χ2n) is 7.45. The van der Waals surface area contributed by atoms with E-state index in [2.05, 4.69) is 16.8 Å². The molecule has 4 heterocycles. The van der Waals surface area contributed by atoms with Crippen LogP contribution in [0.2, 0.25) is 0 Å². The smallest absolute Gasteiger partial charge is 0.257 e. The van der Waals surface area contributed by atoms with Crippen LogP contribution in [0.15, 0.2) is 23.0 Å². The Morgan fingerprint density at radius 3 is 2.83 bits per heavy atom. The van der Waals surface area contributed by atoms with Gasteiger partial charge in [-0.3, -0.25) is 9.69 Å². The van der Waals surface area contributed by atoms with Crippen molar-refractivity contribution in [1.82, 2.24) is 14.7 Å². The number of hydrogen-bond acceptors (Lipinski definition) is 5. The molecule has 3 aliphatic heterocycles. The number of carbonyl (C=O) groups is 1. The molecule has 0 saturated carbocycles. The Morgan fingerprint density at radius 1 is 1.25 bits per heavy atom. The van der Waals surface area contributed by atoms with E-state index in [4.69, 9.17) is 9.15 Å². The van der Waals surface area contributed by atoms with E-state index in [1.807, 2.05) is 4.90 Å². The van der Waals surface area contributed by atoms with Crippen LogP contribution in [0, 0.1) is 11.8 Å². The summed E-state index contributed by atoms with van der Waals surface area (Å²) in [6.07, 6.45) is 4.42. The highest BCUT2D eigenvalue weighted by Gasteiger charge is 2.42. The average Bonchev–Trinajstić information content (AvgIpc) is 3.26. The van der Waals surface area contributed by atoms with Crippen LogP contribution in [0.3, 0.4) is 0 Å². The zero-order chi connectivity index (χ0) is 16.5. The van der Waals surface area contributed by atoms with Gasteiger partial charge in [0, 0.05) is 51.7 Å². The Hall–Kier alpha value is -1.37. The summed E-state index contributed by atoms with van der Waals surface area (Å²) < 4.78 is 11.2. The van der Waals surface area contributed by atoms with Gasteiger partial charge < -0.3 is 19.0 Å². The van der Waals surface area contributed by atoms with E-state index in [0.717, 1.165) is 58.8 Å². The van der Waals surface area contributed by atoms with Gasteiger partial charge in [0.2, 0.25) is 0 Å². The number of carbonyl (C=O) groups excluding carboxylic acids is 1. The summed E-state index contributed by atoms with van der Waals surface area (Å²) in [4.78, 5) is 19.5. The van der Waals surface area contributed by atoms with Crippen molar-refractivity contribution in [2.75, 3.05) is 59.5 Å². The third kappa shape index (κ3) is 3.23. The highest BCUT2D eigenvalue weighted by Crippen LogP contribution is 2.35. The van der Waals surface area contributed by atoms with Crippen LogP contribution in [-0.4, -0.2) is 86.2 Å². The molecular weight excluding hydrogens is 306 g/mol. The molecule has 6 nitrogen and oxygen atoms in total. The monoisotopic (exact) mass is 333 g/mol. The molecule has 3 aliphatic rings. The predicted molar refractivity (Wildman–Crippen MR) is 89.9 cm³/mol. The quantitative estimate of drug-likeness (QED) is 0.826. The number of amides is 1. The molecule has 1 amide bonds. The van der Waals surface area contributed by atoms with E-state index in [1.165, 1.54) is 0 Å². The molecule has 0 N–H and O–H groups in total. The van der Waals surface area contributed by atoms with Crippen molar-refractivity contribution in [1.29, 1.82) is 0 Å². The largest absolute Gasteiger partial charge is 0.472 e. The van der Waals surface area contributed by atoms with Gasteiger partial charge in [0.25, 0.3) is 5.91 Å². The Kier molecular flexibility index (Phi) is 4.61. The first-order valence-corrected chi connectivity index (χ1v) is 9.04. The molecule has 132 valence electrons. The fourth-order valence-corrected chi connectivity index (χ4v) is 4.26. The van der Waals surface area contributed by atoms with Gasteiger partial charge in [-0.25, -0.2) is 0 Å². The molecule has 1 aromatic rings. The predicted octanol–water partition coefficient (Wildman–Crippen LogP) is 1.00. The van der Waals surface area contributed by atoms with Gasteiger partial charge in [-0.05, 0) is 25.5 Å². The Bertz CT molecular complexity index is 554. The molecule has 3 fully saturated rings. The second-order valence-corrected chi connectivity index (χ2v) is 7.45. The van der Waals surface area contributed by atoms with Gasteiger partial charge in [0.15, 0.2) is 0 Å². The van der Waals surface area contributed by atoms with Gasteiger partial charge in [0.05, 0.1) is 24.5 Å². The molecule has 0 radical (unpaired) electrons. The number of nitrogens with zero attached hydrogens (tertiary/aromatic N) is 3. The van der Waals surface area contributed by atoms with Crippen molar-refractivity contribution in [2.24, 2.45) is 11.8 Å². The second kappa shape index (κ2) is 6.86. The van der Waals surface area contributed by atoms with Crippen molar-refractivity contribution >= 4 is 5.91 Å². The van der Waals surface area contributed by atoms with Gasteiger partial charge in [0.1, 0.15) is 6.26 Å². The van der Waals surface area contributed by atoms with Crippen molar-refractivity contribution in [2.45, 2.75) is 12.5 Å². The summed E-state index contributed by atoms with van der Waals surface area (Å²) >= 11 is 0. The van der Waals surface area contributed by atoms with Gasteiger partial charge in [-0.15, -0.1) is 0 Å². The van der Waals surface area contributed by atoms with Crippen LogP contribution in [-0.2, 0) is 4.74 Å². The lowest BCUT2D eigenvalue weighted by Crippen LogP contribution is -2.50. The number of fused-ring (bicyclic) bond motifs is 1. The first kappa shape index (κ1) is 16.1. The molecule has 0 unspecified atom stereocenters. The SMILES string of the molecule is CN1CCN(C[C@H]2OC[C@@H]3CCN(C(=O)c4ccoc4)C[C@@H]32)CC1. The fourth-order valence-electron chi connectivity index (χ4n) is 4.26. The topological polar surface area (TPSA) is 49.2 Å². The van der Waals surface area contributed by atoms with Crippen LogP contribution >= 0.6 is 0 Å². The Labute approximate surface area is 143 Å². The first-order valence-electron chi connectivity index (χ1n) is 9.04. The summed E-state index contributed by atoms with van der Waals surface area (Å²) in [5.41, 5.74) is 0.656. The molecular formula is C18H27N3O3. The average molecular weight is 333 g/mol. The minimum Gasteiger partial charge on any atom is -0.472 e. The fraction of sp³-hybridized carbons (Fsp3) is 0.722. The number of hydrogen-bond donors (Lipinski definition) is 0. The molecule has 24 heavy (non-hydrogen) atoms. The molecule has 0 aliphatic carbocycles. The lowest BCUT2D eigenvalue weighted by molar-refractivity contribution is 0.0291. The molecule has 3 saturated heterocycles. The third-order valence-electron chi connectivity index (χ3n) is 5.90. The number of furan rings is 1. The zero-order valence-electron chi connectivity index (χ0n) is 14.4. The molecule has 6 heteroatoms. The summed E-state index contributed by atoms with van der Waals surface area (Å²) in [5.74, 6) is 1.16. The lowest BCUT2D eigenvalue weighted by Gasteiger charge is -2.38. The number of likely N-dealkylation sites (tertiary alicyclic amines) is 1. The van der Waals surface area contributed by atoms with Gasteiger partial charge in [-0.1, -0.05) is 0 Å². The minimum absolute atomic E-state index is 0.0902. The van der Waals surface area contributed by atoms with Crippen LogP contribution in [0.4, 0.5) is 0 Å². The van der Waals surface area contributed by atoms with Crippen molar-refractivity contribution in [3.05, 3.63) is 24.2 Å². The first-order chi connectivity index (χ1) is 11.7. The maximum Gasteiger partial charge on any atom is 0.257 e. The standard InChI is InChI=1S/C18H27N3O3/c1-19-5-7-20(8-6-19)11-17-16-10-21(4-2-14(16)13-24-17)18(22)15-3-9-23-12-15/h3,9,12,14,16-17H,2,4-8,10-11,13H2,1H3/t14-,16-,17+/m0/s1. The Morgan fingerprint density at radius 2 is 2.08 bits per heavy atom. The maximum atomic E-state index is 12.6. The summed E-state index contributed by atoms with van der Waals surface area (Å²) in [7, 11) is 2.18. The van der Waals surface area contributed by atoms with E-state index in [9.17, 15) is 4.79 Å². The van der Waals surface area contributed by atoms with Crippen molar-refractivity contribution in [3.63, 3.8) is 0 Å². The minimum atomic E-state index is 0.0902. The van der Waals surface area contributed by atoms with Crippen molar-refractivity contribution in [3.8, 4) is 0 Å². The molecule has 0 spiro atoms. The summed E-state index contributed by atoms with van der Waals surface area (Å²) in [5, 5.41) is 0. The number of likely N-dealkylation sites (N-methyl/N-ethyl adjacent to an activating group) is 1. The lowest BCUT2D eigenvalue weighted by atomic mass is 9.84. The maximum absolute atomic E-state index is 12.6. The summed E-state index contributed by atoms with van der Waals surface area (Å²) in [6.45, 7) is 8.00.